The molecule has 96 valence electrons. The van der Waals surface area contributed by atoms with E-state index < -0.39 is 12.2 Å². The van der Waals surface area contributed by atoms with Crippen LogP contribution in [-0.2, 0) is 6.54 Å². The normalized spacial score (nSPS) is 11.2. The van der Waals surface area contributed by atoms with Gasteiger partial charge in [0.25, 0.3) is 5.88 Å². The predicted octanol–water partition coefficient (Wildman–Crippen LogP) is 1.46. The Morgan fingerprint density at radius 2 is 1.82 bits per heavy atom. The molecule has 0 aliphatic carbocycles. The van der Waals surface area contributed by atoms with Crippen LogP contribution in [0.5, 0.6) is 17.4 Å². The third kappa shape index (κ3) is 3.38. The highest BCUT2D eigenvalue weighted by molar-refractivity contribution is 5.43. The van der Waals surface area contributed by atoms with E-state index in [2.05, 4.69) is 9.72 Å². The molecule has 0 amide bonds. The van der Waals surface area contributed by atoms with Gasteiger partial charge in [0.1, 0.15) is 11.4 Å². The number of alkyl halides is 3. The molecule has 0 fully saturated rings. The fraction of sp³-hybridized carbons (Fsp3) is 0.444. The van der Waals surface area contributed by atoms with Crippen LogP contribution in [0.4, 0.5) is 13.2 Å². The summed E-state index contributed by atoms with van der Waals surface area (Å²) in [6.07, 6.45) is -4.85. The molecular weight excluding hydrogens is 241 g/mol. The number of hydrogen-bond acceptors (Lipinski definition) is 5. The summed E-state index contributed by atoms with van der Waals surface area (Å²) in [7, 11) is 2.54. The monoisotopic (exact) mass is 252 g/mol. The number of nitrogens with zero attached hydrogens (tertiary/aromatic N) is 1. The molecule has 17 heavy (non-hydrogen) atoms. The number of methoxy groups -OCH3 is 2. The minimum absolute atomic E-state index is 0.0820. The van der Waals surface area contributed by atoms with Gasteiger partial charge in [-0.25, -0.2) is 4.98 Å². The van der Waals surface area contributed by atoms with Crippen molar-refractivity contribution in [1.82, 2.24) is 4.98 Å². The van der Waals surface area contributed by atoms with Gasteiger partial charge in [0.2, 0.25) is 0 Å². The standard InChI is InChI=1S/C9H11F3N2O3/c1-15-6-3-7(16-2)8(14-5(6)4-13)17-9(10,11)12/h3H,4,13H2,1-2H3. The lowest BCUT2D eigenvalue weighted by atomic mass is 10.3. The first-order valence-corrected chi connectivity index (χ1v) is 4.49. The van der Waals surface area contributed by atoms with Gasteiger partial charge in [-0.1, -0.05) is 0 Å². The molecule has 8 heteroatoms. The van der Waals surface area contributed by atoms with E-state index in [1.807, 2.05) is 0 Å². The van der Waals surface area contributed by atoms with Crippen LogP contribution < -0.4 is 19.9 Å². The van der Waals surface area contributed by atoms with Crippen LogP contribution >= 0.6 is 0 Å². The van der Waals surface area contributed by atoms with E-state index in [4.69, 9.17) is 15.2 Å². The minimum atomic E-state index is -4.85. The third-order valence-corrected chi connectivity index (χ3v) is 1.84. The number of aromatic nitrogens is 1. The molecule has 0 saturated heterocycles. The number of rotatable bonds is 4. The summed E-state index contributed by atoms with van der Waals surface area (Å²) in [5.74, 6) is -0.642. The molecule has 1 aromatic rings. The smallest absolute Gasteiger partial charge is 0.495 e. The number of halogens is 3. The van der Waals surface area contributed by atoms with Crippen molar-refractivity contribution < 1.29 is 27.4 Å². The molecule has 0 aromatic carbocycles. The van der Waals surface area contributed by atoms with Crippen LogP contribution in [0.1, 0.15) is 5.69 Å². The molecule has 0 aliphatic rings. The van der Waals surface area contributed by atoms with Gasteiger partial charge in [-0.05, 0) is 0 Å². The van der Waals surface area contributed by atoms with E-state index in [1.165, 1.54) is 20.3 Å². The van der Waals surface area contributed by atoms with Crippen molar-refractivity contribution in [3.63, 3.8) is 0 Å². The van der Waals surface area contributed by atoms with E-state index in [1.54, 1.807) is 0 Å². The van der Waals surface area contributed by atoms with E-state index in [0.717, 1.165) is 0 Å². The molecule has 0 spiro atoms. The number of ether oxygens (including phenoxy) is 3. The summed E-state index contributed by atoms with van der Waals surface area (Å²) < 4.78 is 49.6. The molecule has 0 saturated carbocycles. The van der Waals surface area contributed by atoms with Crippen molar-refractivity contribution >= 4 is 0 Å². The second-order valence-electron chi connectivity index (χ2n) is 2.90. The lowest BCUT2D eigenvalue weighted by molar-refractivity contribution is -0.276. The molecule has 1 rings (SSSR count). The Hall–Kier alpha value is -1.70. The lowest BCUT2D eigenvalue weighted by Gasteiger charge is -2.14. The zero-order valence-corrected chi connectivity index (χ0v) is 9.17. The summed E-state index contributed by atoms with van der Waals surface area (Å²) in [5, 5.41) is 0. The summed E-state index contributed by atoms with van der Waals surface area (Å²) in [4.78, 5) is 3.60. The van der Waals surface area contributed by atoms with Gasteiger partial charge in [0.15, 0.2) is 5.75 Å². The fourth-order valence-electron chi connectivity index (χ4n) is 1.15. The van der Waals surface area contributed by atoms with Crippen molar-refractivity contribution in [1.29, 1.82) is 0 Å². The molecule has 0 radical (unpaired) electrons. The van der Waals surface area contributed by atoms with E-state index in [9.17, 15) is 13.2 Å². The SMILES string of the molecule is COc1cc(OC)c(OC(F)(F)F)nc1CN. The zero-order chi connectivity index (χ0) is 13.1. The van der Waals surface area contributed by atoms with Crippen LogP contribution in [0.25, 0.3) is 0 Å². The minimum Gasteiger partial charge on any atom is -0.495 e. The summed E-state index contributed by atoms with van der Waals surface area (Å²) in [6, 6.07) is 1.23. The Morgan fingerprint density at radius 1 is 1.24 bits per heavy atom. The Balaban J connectivity index is 3.19. The van der Waals surface area contributed by atoms with Gasteiger partial charge < -0.3 is 19.9 Å². The first-order chi connectivity index (χ1) is 7.91. The highest BCUT2D eigenvalue weighted by Crippen LogP contribution is 2.34. The molecule has 1 heterocycles. The van der Waals surface area contributed by atoms with Crippen molar-refractivity contribution in [3.8, 4) is 17.4 Å². The van der Waals surface area contributed by atoms with Crippen molar-refractivity contribution in [2.45, 2.75) is 12.9 Å². The first-order valence-electron chi connectivity index (χ1n) is 4.49. The molecule has 2 N–H and O–H groups in total. The van der Waals surface area contributed by atoms with Crippen molar-refractivity contribution in [2.24, 2.45) is 5.73 Å². The highest BCUT2D eigenvalue weighted by atomic mass is 19.4. The number of hydrogen-bond donors (Lipinski definition) is 1. The maximum atomic E-state index is 12.1. The summed E-state index contributed by atoms with van der Waals surface area (Å²) in [6.45, 7) is -0.0820. The van der Waals surface area contributed by atoms with E-state index >= 15 is 0 Å². The van der Waals surface area contributed by atoms with Gasteiger partial charge in [-0.15, -0.1) is 13.2 Å². The second kappa shape index (κ2) is 5.09. The summed E-state index contributed by atoms with van der Waals surface area (Å²) in [5.41, 5.74) is 5.48. The second-order valence-corrected chi connectivity index (χ2v) is 2.90. The molecule has 5 nitrogen and oxygen atoms in total. The van der Waals surface area contributed by atoms with Gasteiger partial charge in [-0.3, -0.25) is 0 Å². The third-order valence-electron chi connectivity index (χ3n) is 1.84. The zero-order valence-electron chi connectivity index (χ0n) is 9.17. The summed E-state index contributed by atoms with van der Waals surface area (Å²) >= 11 is 0. The Morgan fingerprint density at radius 3 is 2.24 bits per heavy atom. The fourth-order valence-corrected chi connectivity index (χ4v) is 1.15. The largest absolute Gasteiger partial charge is 0.574 e. The Bertz CT molecular complexity index is 396. The number of nitrogens with two attached hydrogens (primary N) is 1. The topological polar surface area (TPSA) is 66.6 Å². The van der Waals surface area contributed by atoms with Gasteiger partial charge in [0, 0.05) is 12.6 Å². The predicted molar refractivity (Wildman–Crippen MR) is 51.9 cm³/mol. The molecule has 0 atom stereocenters. The highest BCUT2D eigenvalue weighted by Gasteiger charge is 2.33. The van der Waals surface area contributed by atoms with Crippen LogP contribution in [0.15, 0.2) is 6.07 Å². The quantitative estimate of drug-likeness (QED) is 0.878. The average molecular weight is 252 g/mol. The maximum absolute atomic E-state index is 12.1. The molecule has 0 unspecified atom stereocenters. The van der Waals surface area contributed by atoms with Crippen LogP contribution in [0, 0.1) is 0 Å². The van der Waals surface area contributed by atoms with Crippen molar-refractivity contribution in [3.05, 3.63) is 11.8 Å². The lowest BCUT2D eigenvalue weighted by Crippen LogP contribution is -2.19. The maximum Gasteiger partial charge on any atom is 0.574 e. The Labute approximate surface area is 95.3 Å². The Kier molecular flexibility index (Phi) is 4.00. The van der Waals surface area contributed by atoms with Gasteiger partial charge in [0.05, 0.1) is 14.2 Å². The van der Waals surface area contributed by atoms with Crippen molar-refractivity contribution in [2.75, 3.05) is 14.2 Å². The first kappa shape index (κ1) is 13.4. The van der Waals surface area contributed by atoms with Crippen LogP contribution in [0.2, 0.25) is 0 Å². The molecule has 0 bridgehead atoms. The van der Waals surface area contributed by atoms with Crippen LogP contribution in [-0.4, -0.2) is 25.6 Å². The molecule has 0 aliphatic heterocycles. The number of pyridine rings is 1. The van der Waals surface area contributed by atoms with Gasteiger partial charge >= 0.3 is 6.36 Å². The van der Waals surface area contributed by atoms with Gasteiger partial charge in [-0.2, -0.15) is 0 Å². The average Bonchev–Trinajstić information content (AvgIpc) is 2.26. The van der Waals surface area contributed by atoms with Crippen LogP contribution in [0.3, 0.4) is 0 Å². The van der Waals surface area contributed by atoms with E-state index in [-0.39, 0.29) is 23.7 Å². The molecular formula is C9H11F3N2O3. The van der Waals surface area contributed by atoms with E-state index in [0.29, 0.717) is 0 Å². The molecule has 1 aromatic heterocycles.